The van der Waals surface area contributed by atoms with Crippen molar-refractivity contribution < 1.29 is 13.6 Å². The molecule has 0 bridgehead atoms. The minimum Gasteiger partial charge on any atom is -0.413 e. The van der Waals surface area contributed by atoms with Crippen LogP contribution in [0, 0.1) is 0 Å². The highest BCUT2D eigenvalue weighted by Gasteiger charge is 2.42. The summed E-state index contributed by atoms with van der Waals surface area (Å²) in [5.74, 6) is 0. The lowest BCUT2D eigenvalue weighted by molar-refractivity contribution is -0.105. The third kappa shape index (κ3) is 5.38. The topological polar surface area (TPSA) is 35.5 Å². The van der Waals surface area contributed by atoms with E-state index >= 15 is 0 Å². The fraction of sp³-hybridized carbons (Fsp3) is 0.842. The highest BCUT2D eigenvalue weighted by atomic mass is 28.4. The van der Waals surface area contributed by atoms with E-state index in [1.165, 1.54) is 0 Å². The lowest BCUT2D eigenvalue weighted by Gasteiger charge is -2.43. The van der Waals surface area contributed by atoms with Crippen LogP contribution in [-0.4, -0.2) is 35.1 Å². The van der Waals surface area contributed by atoms with E-state index in [1.54, 1.807) is 0 Å². The Morgan fingerprint density at radius 2 is 1.42 bits per heavy atom. The summed E-state index contributed by atoms with van der Waals surface area (Å²) in [5.41, 5.74) is 0.827. The van der Waals surface area contributed by atoms with Crippen LogP contribution in [0.5, 0.6) is 0 Å². The van der Waals surface area contributed by atoms with Crippen molar-refractivity contribution in [2.75, 3.05) is 0 Å². The molecule has 3 nitrogen and oxygen atoms in total. The summed E-state index contributed by atoms with van der Waals surface area (Å²) >= 11 is 0. The van der Waals surface area contributed by atoms with Gasteiger partial charge in [0.1, 0.15) is 6.29 Å². The maximum Gasteiger partial charge on any atom is 0.192 e. The molecule has 24 heavy (non-hydrogen) atoms. The van der Waals surface area contributed by atoms with Gasteiger partial charge in [-0.15, -0.1) is 0 Å². The number of rotatable bonds is 5. The molecule has 140 valence electrons. The van der Waals surface area contributed by atoms with Crippen molar-refractivity contribution >= 4 is 22.9 Å². The molecule has 1 rings (SSSR count). The standard InChI is InChI=1S/C19H38O3Si2/c1-18(2,3)23(7,8)21-16-11-15(14-20)12-17(13-16)22-24(9,10)19(4,5)6/h11,14,16-17H,12-13H2,1-10H3/t16-,17+/m1/s1. The zero-order valence-electron chi connectivity index (χ0n) is 17.4. The molecule has 0 heterocycles. The van der Waals surface area contributed by atoms with E-state index in [-0.39, 0.29) is 22.3 Å². The Hall–Kier alpha value is -0.236. The number of carbonyl (C=O) groups is 1. The molecule has 5 heteroatoms. The van der Waals surface area contributed by atoms with Gasteiger partial charge in [0, 0.05) is 12.8 Å². The molecule has 0 aliphatic heterocycles. The quantitative estimate of drug-likeness (QED) is 0.461. The molecule has 1 aliphatic carbocycles. The van der Waals surface area contributed by atoms with E-state index in [0.29, 0.717) is 6.42 Å². The van der Waals surface area contributed by atoms with E-state index in [9.17, 15) is 4.79 Å². The van der Waals surface area contributed by atoms with E-state index in [4.69, 9.17) is 8.85 Å². The molecule has 0 spiro atoms. The smallest absolute Gasteiger partial charge is 0.192 e. The van der Waals surface area contributed by atoms with Crippen molar-refractivity contribution in [1.29, 1.82) is 0 Å². The highest BCUT2D eigenvalue weighted by molar-refractivity contribution is 6.74. The Kier molecular flexibility index (Phi) is 6.52. The maximum absolute atomic E-state index is 11.4. The summed E-state index contributed by atoms with van der Waals surface area (Å²) in [6.45, 7) is 22.6. The molecule has 2 atom stereocenters. The van der Waals surface area contributed by atoms with E-state index in [1.807, 2.05) is 6.08 Å². The first-order valence-corrected chi connectivity index (χ1v) is 14.9. The van der Waals surface area contributed by atoms with Gasteiger partial charge in [-0.3, -0.25) is 4.79 Å². The van der Waals surface area contributed by atoms with Crippen LogP contribution < -0.4 is 0 Å². The van der Waals surface area contributed by atoms with Gasteiger partial charge in [-0.1, -0.05) is 47.6 Å². The molecule has 0 radical (unpaired) electrons. The fourth-order valence-electron chi connectivity index (χ4n) is 2.39. The Bertz CT molecular complexity index is 482. The summed E-state index contributed by atoms with van der Waals surface area (Å²) in [7, 11) is -3.71. The highest BCUT2D eigenvalue weighted by Crippen LogP contribution is 2.41. The summed E-state index contributed by atoms with van der Waals surface area (Å²) in [5, 5.41) is 0.334. The molecule has 0 fully saturated rings. The normalized spacial score (nSPS) is 23.8. The van der Waals surface area contributed by atoms with Crippen LogP contribution in [0.1, 0.15) is 54.4 Å². The minimum absolute atomic E-state index is 0.00499. The largest absolute Gasteiger partial charge is 0.413 e. The van der Waals surface area contributed by atoms with Crippen LogP contribution in [-0.2, 0) is 13.6 Å². The van der Waals surface area contributed by atoms with Gasteiger partial charge >= 0.3 is 0 Å². The van der Waals surface area contributed by atoms with E-state index in [2.05, 4.69) is 67.7 Å². The Morgan fingerprint density at radius 3 is 1.83 bits per heavy atom. The van der Waals surface area contributed by atoms with E-state index in [0.717, 1.165) is 18.3 Å². The van der Waals surface area contributed by atoms with Crippen molar-refractivity contribution in [3.63, 3.8) is 0 Å². The van der Waals surface area contributed by atoms with Crippen molar-refractivity contribution in [1.82, 2.24) is 0 Å². The zero-order valence-corrected chi connectivity index (χ0v) is 19.4. The molecular weight excluding hydrogens is 332 g/mol. The molecule has 1 aliphatic rings. The summed E-state index contributed by atoms with van der Waals surface area (Å²) in [6, 6.07) is 0. The van der Waals surface area contributed by atoms with Gasteiger partial charge in [-0.2, -0.15) is 0 Å². The second-order valence-corrected chi connectivity index (χ2v) is 19.7. The number of carbonyl (C=O) groups excluding carboxylic acids is 1. The van der Waals surface area contributed by atoms with Crippen LogP contribution in [0.3, 0.4) is 0 Å². The van der Waals surface area contributed by atoms with Gasteiger partial charge in [-0.25, -0.2) is 0 Å². The van der Waals surface area contributed by atoms with Gasteiger partial charge in [0.25, 0.3) is 0 Å². The van der Waals surface area contributed by atoms with Crippen molar-refractivity contribution in [3.8, 4) is 0 Å². The first-order chi connectivity index (χ1) is 10.6. The van der Waals surface area contributed by atoms with Gasteiger partial charge in [0.05, 0.1) is 12.2 Å². The van der Waals surface area contributed by atoms with E-state index < -0.39 is 16.6 Å². The zero-order chi connectivity index (χ0) is 19.0. The monoisotopic (exact) mass is 370 g/mol. The summed E-state index contributed by atoms with van der Waals surface area (Å²) < 4.78 is 13.1. The lowest BCUT2D eigenvalue weighted by Crippen LogP contribution is -2.48. The summed E-state index contributed by atoms with van der Waals surface area (Å²) in [4.78, 5) is 11.4. The molecule has 0 N–H and O–H groups in total. The average molecular weight is 371 g/mol. The third-order valence-electron chi connectivity index (χ3n) is 6.03. The number of aldehydes is 1. The van der Waals surface area contributed by atoms with Crippen molar-refractivity contribution in [2.45, 2.75) is 103 Å². The van der Waals surface area contributed by atoms with Gasteiger partial charge in [0.2, 0.25) is 0 Å². The Morgan fingerprint density at radius 1 is 0.958 bits per heavy atom. The van der Waals surface area contributed by atoms with Gasteiger partial charge < -0.3 is 8.85 Å². The average Bonchev–Trinajstić information content (AvgIpc) is 2.34. The molecule has 0 unspecified atom stereocenters. The number of hydrogen-bond donors (Lipinski definition) is 0. The van der Waals surface area contributed by atoms with Crippen LogP contribution in [0.15, 0.2) is 11.6 Å². The van der Waals surface area contributed by atoms with Crippen molar-refractivity contribution in [3.05, 3.63) is 11.6 Å². The second-order valence-electron chi connectivity index (χ2n) is 10.2. The van der Waals surface area contributed by atoms with Crippen LogP contribution in [0.2, 0.25) is 36.3 Å². The van der Waals surface area contributed by atoms with Crippen molar-refractivity contribution in [2.24, 2.45) is 0 Å². The molecule has 0 aromatic carbocycles. The predicted molar refractivity (Wildman–Crippen MR) is 108 cm³/mol. The Labute approximate surface area is 151 Å². The first-order valence-electron chi connectivity index (χ1n) is 9.10. The maximum atomic E-state index is 11.4. The molecular formula is C19H38O3Si2. The van der Waals surface area contributed by atoms with Crippen LogP contribution >= 0.6 is 0 Å². The summed E-state index contributed by atoms with van der Waals surface area (Å²) in [6.07, 6.45) is 4.66. The van der Waals surface area contributed by atoms with Gasteiger partial charge in [-0.05, 0) is 41.8 Å². The van der Waals surface area contributed by atoms with Gasteiger partial charge in [0.15, 0.2) is 16.6 Å². The minimum atomic E-state index is -1.86. The Balaban J connectivity index is 2.93. The fourth-order valence-corrected chi connectivity index (χ4v) is 5.03. The SMILES string of the molecule is CC(C)(C)[Si](C)(C)O[C@H]1CC(C=O)=C[C@@H](O[Si](C)(C)C(C)(C)C)C1. The number of hydrogen-bond acceptors (Lipinski definition) is 3. The first kappa shape index (κ1) is 21.8. The van der Waals surface area contributed by atoms with Crippen LogP contribution in [0.4, 0.5) is 0 Å². The van der Waals surface area contributed by atoms with Crippen LogP contribution in [0.25, 0.3) is 0 Å². The lowest BCUT2D eigenvalue weighted by atomic mass is 9.96. The molecule has 0 saturated heterocycles. The molecule has 0 amide bonds. The third-order valence-corrected chi connectivity index (χ3v) is 15.1. The predicted octanol–water partition coefficient (Wildman–Crippen LogP) is 5.69. The molecule has 0 aromatic rings. The molecule has 0 saturated carbocycles. The second kappa shape index (κ2) is 7.18. The molecule has 0 aromatic heterocycles.